The van der Waals surface area contributed by atoms with Crippen molar-refractivity contribution < 1.29 is 0 Å². The fourth-order valence-electron chi connectivity index (χ4n) is 1.30. The molecule has 2 rings (SSSR count). The Morgan fingerprint density at radius 1 is 1.69 bits per heavy atom. The number of hydrogen-bond acceptors (Lipinski definition) is 3. The summed E-state index contributed by atoms with van der Waals surface area (Å²) in [4.78, 5) is 5.04. The Labute approximate surface area is 90.7 Å². The summed E-state index contributed by atoms with van der Waals surface area (Å²) in [5.74, 6) is 0.830. The van der Waals surface area contributed by atoms with Gasteiger partial charge in [-0.3, -0.25) is 0 Å². The van der Waals surface area contributed by atoms with E-state index in [0.717, 1.165) is 18.0 Å². The summed E-state index contributed by atoms with van der Waals surface area (Å²) in [6, 6.07) is 0. The van der Waals surface area contributed by atoms with E-state index in [-0.39, 0.29) is 0 Å². The normalized spacial score (nSPS) is 18.9. The van der Waals surface area contributed by atoms with E-state index in [0.29, 0.717) is 11.4 Å². The molecule has 1 aromatic rings. The van der Waals surface area contributed by atoms with Gasteiger partial charge in [0.05, 0.1) is 10.5 Å². The second-order valence-corrected chi connectivity index (χ2v) is 5.33. The lowest BCUT2D eigenvalue weighted by Crippen LogP contribution is -2.03. The molecule has 0 radical (unpaired) electrons. The second kappa shape index (κ2) is 4.07. The molecule has 1 heterocycles. The number of alkyl halides is 1. The van der Waals surface area contributed by atoms with E-state index in [2.05, 4.69) is 26.3 Å². The number of thiazole rings is 1. The number of nitrogens with zero attached hydrogens (tertiary/aromatic N) is 1. The van der Waals surface area contributed by atoms with E-state index in [4.69, 9.17) is 5.73 Å². The molecule has 0 bridgehead atoms. The zero-order valence-electron chi connectivity index (χ0n) is 7.37. The van der Waals surface area contributed by atoms with Crippen LogP contribution in [0.3, 0.4) is 0 Å². The summed E-state index contributed by atoms with van der Waals surface area (Å²) in [5.41, 5.74) is 6.62. The Hall–Kier alpha value is 0.0700. The molecule has 1 atom stereocenters. The van der Waals surface area contributed by atoms with Crippen LogP contribution < -0.4 is 5.73 Å². The molecule has 1 unspecified atom stereocenters. The molecule has 0 saturated heterocycles. The van der Waals surface area contributed by atoms with E-state index in [9.17, 15) is 0 Å². The Kier molecular flexibility index (Phi) is 3.01. The highest BCUT2D eigenvalue weighted by Gasteiger charge is 2.32. The molecule has 2 nitrogen and oxygen atoms in total. The van der Waals surface area contributed by atoms with Crippen molar-refractivity contribution >= 4 is 27.3 Å². The van der Waals surface area contributed by atoms with Crippen LogP contribution in [0.1, 0.15) is 28.4 Å². The molecule has 72 valence electrons. The standard InChI is InChI=1S/C9H13BrN2S/c10-8(6-1-2-6)9-12-7(3-4-11)5-13-9/h5-6,8H,1-4,11H2. The van der Waals surface area contributed by atoms with Gasteiger partial charge in [0.1, 0.15) is 5.01 Å². The van der Waals surface area contributed by atoms with E-state index in [1.165, 1.54) is 17.8 Å². The second-order valence-electron chi connectivity index (χ2n) is 3.45. The molecule has 4 heteroatoms. The lowest BCUT2D eigenvalue weighted by Gasteiger charge is -2.01. The van der Waals surface area contributed by atoms with Crippen LogP contribution in [0, 0.1) is 5.92 Å². The minimum atomic E-state index is 0.490. The van der Waals surface area contributed by atoms with E-state index in [1.807, 2.05) is 0 Å². The van der Waals surface area contributed by atoms with Gasteiger partial charge in [-0.15, -0.1) is 11.3 Å². The van der Waals surface area contributed by atoms with Crippen molar-refractivity contribution in [3.05, 3.63) is 16.1 Å². The van der Waals surface area contributed by atoms with Gasteiger partial charge in [0.2, 0.25) is 0 Å². The van der Waals surface area contributed by atoms with Crippen molar-refractivity contribution in [3.8, 4) is 0 Å². The first-order chi connectivity index (χ1) is 6.31. The van der Waals surface area contributed by atoms with E-state index >= 15 is 0 Å². The van der Waals surface area contributed by atoms with Crippen molar-refractivity contribution in [2.45, 2.75) is 24.1 Å². The van der Waals surface area contributed by atoms with Crippen LogP contribution in [0.15, 0.2) is 5.38 Å². The molecular weight excluding hydrogens is 248 g/mol. The minimum Gasteiger partial charge on any atom is -0.330 e. The molecule has 0 aliphatic heterocycles. The third-order valence-corrected chi connectivity index (χ3v) is 4.70. The molecule has 1 aromatic heterocycles. The number of rotatable bonds is 4. The molecule has 1 saturated carbocycles. The molecule has 2 N–H and O–H groups in total. The quantitative estimate of drug-likeness (QED) is 0.846. The van der Waals surface area contributed by atoms with Gasteiger partial charge in [-0.05, 0) is 25.3 Å². The molecule has 0 aromatic carbocycles. The summed E-state index contributed by atoms with van der Waals surface area (Å²) in [6.45, 7) is 0.694. The van der Waals surface area contributed by atoms with Crippen LogP contribution in [-0.2, 0) is 6.42 Å². The van der Waals surface area contributed by atoms with Crippen molar-refractivity contribution in [2.24, 2.45) is 11.7 Å². The first kappa shape index (κ1) is 9.62. The van der Waals surface area contributed by atoms with Gasteiger partial charge < -0.3 is 5.73 Å². The van der Waals surface area contributed by atoms with Gasteiger partial charge in [-0.1, -0.05) is 15.9 Å². The molecule has 1 aliphatic rings. The molecule has 0 spiro atoms. The Balaban J connectivity index is 2.03. The van der Waals surface area contributed by atoms with Crippen LogP contribution in [0.2, 0.25) is 0 Å². The fourth-order valence-corrected chi connectivity index (χ4v) is 3.18. The molecular formula is C9H13BrN2S. The predicted molar refractivity (Wildman–Crippen MR) is 59.3 cm³/mol. The highest BCUT2D eigenvalue weighted by Crippen LogP contribution is 2.46. The number of aromatic nitrogens is 1. The fraction of sp³-hybridized carbons (Fsp3) is 0.667. The Morgan fingerprint density at radius 2 is 2.46 bits per heavy atom. The van der Waals surface area contributed by atoms with Crippen molar-refractivity contribution in [2.75, 3.05) is 6.54 Å². The van der Waals surface area contributed by atoms with Crippen molar-refractivity contribution in [1.29, 1.82) is 0 Å². The maximum Gasteiger partial charge on any atom is 0.107 e. The third-order valence-electron chi connectivity index (χ3n) is 2.24. The van der Waals surface area contributed by atoms with Gasteiger partial charge in [0.25, 0.3) is 0 Å². The molecule has 13 heavy (non-hydrogen) atoms. The molecule has 0 amide bonds. The molecule has 1 fully saturated rings. The topological polar surface area (TPSA) is 38.9 Å². The van der Waals surface area contributed by atoms with Crippen LogP contribution in [0.4, 0.5) is 0 Å². The van der Waals surface area contributed by atoms with E-state index in [1.54, 1.807) is 11.3 Å². The van der Waals surface area contributed by atoms with Crippen LogP contribution in [-0.4, -0.2) is 11.5 Å². The third kappa shape index (κ3) is 2.30. The number of hydrogen-bond donors (Lipinski definition) is 1. The number of halogens is 1. The first-order valence-electron chi connectivity index (χ1n) is 4.59. The average Bonchev–Trinajstić information content (AvgIpc) is 2.87. The summed E-state index contributed by atoms with van der Waals surface area (Å²) < 4.78 is 0. The first-order valence-corrected chi connectivity index (χ1v) is 6.39. The van der Waals surface area contributed by atoms with Gasteiger partial charge in [0.15, 0.2) is 0 Å². The van der Waals surface area contributed by atoms with Crippen LogP contribution in [0.25, 0.3) is 0 Å². The largest absolute Gasteiger partial charge is 0.330 e. The van der Waals surface area contributed by atoms with Gasteiger partial charge >= 0.3 is 0 Å². The Morgan fingerprint density at radius 3 is 3.08 bits per heavy atom. The zero-order valence-corrected chi connectivity index (χ0v) is 9.77. The van der Waals surface area contributed by atoms with Gasteiger partial charge in [-0.25, -0.2) is 4.98 Å². The van der Waals surface area contributed by atoms with E-state index < -0.39 is 0 Å². The van der Waals surface area contributed by atoms with Gasteiger partial charge in [0, 0.05) is 11.8 Å². The summed E-state index contributed by atoms with van der Waals surface area (Å²) >= 11 is 5.45. The van der Waals surface area contributed by atoms with Crippen LogP contribution >= 0.6 is 27.3 Å². The summed E-state index contributed by atoms with van der Waals surface area (Å²) in [6.07, 6.45) is 3.60. The zero-order chi connectivity index (χ0) is 9.26. The lowest BCUT2D eigenvalue weighted by atomic mass is 10.3. The van der Waals surface area contributed by atoms with Crippen LogP contribution in [0.5, 0.6) is 0 Å². The predicted octanol–water partition coefficient (Wildman–Crippen LogP) is 2.49. The SMILES string of the molecule is NCCc1csc(C(Br)C2CC2)n1. The Bertz CT molecular complexity index is 283. The van der Waals surface area contributed by atoms with Crippen molar-refractivity contribution in [3.63, 3.8) is 0 Å². The minimum absolute atomic E-state index is 0.490. The monoisotopic (exact) mass is 260 g/mol. The summed E-state index contributed by atoms with van der Waals surface area (Å²) in [5, 5.41) is 3.35. The van der Waals surface area contributed by atoms with Gasteiger partial charge in [-0.2, -0.15) is 0 Å². The number of nitrogens with two attached hydrogens (primary N) is 1. The lowest BCUT2D eigenvalue weighted by molar-refractivity contribution is 0.804. The van der Waals surface area contributed by atoms with Crippen molar-refractivity contribution in [1.82, 2.24) is 4.98 Å². The maximum atomic E-state index is 5.47. The summed E-state index contributed by atoms with van der Waals surface area (Å²) in [7, 11) is 0. The average molecular weight is 261 g/mol. The highest BCUT2D eigenvalue weighted by molar-refractivity contribution is 9.09. The smallest absolute Gasteiger partial charge is 0.107 e. The highest BCUT2D eigenvalue weighted by atomic mass is 79.9. The maximum absolute atomic E-state index is 5.47. The molecule has 1 aliphatic carbocycles.